The number of halogens is 6. The zero-order chi connectivity index (χ0) is 48.7. The highest BCUT2D eigenvalue weighted by atomic mass is 19.3. The standard InChI is InChI=1S/2C23H25F3N4O4/c2*1-23(33)17(32)22(30-7-6-12-20(27)28-9-29-21(12)30)34-18(23)16(31)13-8-14(19(25)26)15(24)11-5-3-2-4-10(11)13/h2*6-9,16-19,22,31-33H,2-5H2,1H3,(H2,27,28,29)/t16-,17+,18-,22-,23+;16-,17-,18+,22+,23-/m10/s1. The molecule has 0 bridgehead atoms. The van der Waals surface area contributed by atoms with Crippen LogP contribution in [0.25, 0.3) is 22.1 Å². The summed E-state index contributed by atoms with van der Waals surface area (Å²) in [6, 6.07) is 5.16. The molecule has 10 N–H and O–H groups in total. The molecule has 4 aromatic heterocycles. The molecule has 0 spiro atoms. The number of hydrogen-bond donors (Lipinski definition) is 8. The van der Waals surface area contributed by atoms with Gasteiger partial charge in [-0.3, -0.25) is 0 Å². The Hall–Kier alpha value is -5.46. The third kappa shape index (κ3) is 7.74. The second kappa shape index (κ2) is 17.8. The van der Waals surface area contributed by atoms with Gasteiger partial charge >= 0.3 is 0 Å². The molecule has 0 amide bonds. The molecular weight excluding hydrogens is 907 g/mol. The van der Waals surface area contributed by atoms with Crippen LogP contribution >= 0.6 is 0 Å². The smallest absolute Gasteiger partial charge is 0.266 e. The predicted octanol–water partition coefficient (Wildman–Crippen LogP) is 5.42. The highest BCUT2D eigenvalue weighted by Gasteiger charge is 2.58. The van der Waals surface area contributed by atoms with Crippen LogP contribution in [0.1, 0.15) is 122 Å². The Morgan fingerprint density at radius 3 is 1.31 bits per heavy atom. The van der Waals surface area contributed by atoms with Gasteiger partial charge in [0.1, 0.15) is 95.0 Å². The number of anilines is 2. The molecule has 68 heavy (non-hydrogen) atoms. The number of ether oxygens (including phenoxy) is 2. The van der Waals surface area contributed by atoms with Crippen molar-refractivity contribution in [2.75, 3.05) is 11.5 Å². The van der Waals surface area contributed by atoms with E-state index in [4.69, 9.17) is 20.9 Å². The number of rotatable bonds is 8. The molecule has 364 valence electrons. The Balaban J connectivity index is 0.000000170. The van der Waals surface area contributed by atoms with Crippen molar-refractivity contribution in [3.8, 4) is 0 Å². The first-order valence-corrected chi connectivity index (χ1v) is 22.1. The fraction of sp³-hybridized carbons (Fsp3) is 0.478. The zero-order valence-corrected chi connectivity index (χ0v) is 36.7. The van der Waals surface area contributed by atoms with Gasteiger partial charge in [-0.05, 0) is 123 Å². The molecule has 22 heteroatoms. The van der Waals surface area contributed by atoms with Crippen LogP contribution in [0.2, 0.25) is 0 Å². The minimum atomic E-state index is -3.07. The van der Waals surface area contributed by atoms with E-state index in [0.717, 1.165) is 12.1 Å². The summed E-state index contributed by atoms with van der Waals surface area (Å²) < 4.78 is 98.7. The monoisotopic (exact) mass is 956 g/mol. The van der Waals surface area contributed by atoms with Crippen molar-refractivity contribution in [1.29, 1.82) is 0 Å². The topological polar surface area (TPSA) is 253 Å². The maximum absolute atomic E-state index is 14.8. The van der Waals surface area contributed by atoms with E-state index in [9.17, 15) is 57.0 Å². The third-order valence-corrected chi connectivity index (χ3v) is 14.1. The van der Waals surface area contributed by atoms with E-state index in [1.54, 1.807) is 24.5 Å². The molecule has 4 aliphatic rings. The van der Waals surface area contributed by atoms with Gasteiger partial charge in [0.05, 0.1) is 21.9 Å². The number of nitrogens with two attached hydrogens (primary N) is 2. The molecule has 0 radical (unpaired) electrons. The second-order valence-corrected chi connectivity index (χ2v) is 18.2. The maximum Gasteiger partial charge on any atom is 0.266 e. The van der Waals surface area contributed by atoms with E-state index in [1.807, 2.05) is 0 Å². The van der Waals surface area contributed by atoms with Gasteiger partial charge in [0.25, 0.3) is 12.9 Å². The highest BCUT2D eigenvalue weighted by molar-refractivity contribution is 5.86. The predicted molar refractivity (Wildman–Crippen MR) is 231 cm³/mol. The van der Waals surface area contributed by atoms with Gasteiger partial charge in [-0.2, -0.15) is 0 Å². The third-order valence-electron chi connectivity index (χ3n) is 14.1. The van der Waals surface area contributed by atoms with Gasteiger partial charge in [-0.25, -0.2) is 46.3 Å². The number of nitrogen functional groups attached to an aromatic ring is 2. The summed E-state index contributed by atoms with van der Waals surface area (Å²) in [5.74, 6) is -1.46. The molecule has 6 aromatic rings. The van der Waals surface area contributed by atoms with Crippen molar-refractivity contribution in [1.82, 2.24) is 29.1 Å². The molecule has 2 aliphatic heterocycles. The van der Waals surface area contributed by atoms with Crippen molar-refractivity contribution in [3.05, 3.63) is 105 Å². The lowest BCUT2D eigenvalue weighted by Gasteiger charge is -2.32. The van der Waals surface area contributed by atoms with Crippen LogP contribution in [0.3, 0.4) is 0 Å². The molecular formula is C46H50F6N8O8. The number of alkyl halides is 4. The van der Waals surface area contributed by atoms with Crippen molar-refractivity contribution >= 4 is 33.7 Å². The molecule has 10 atom stereocenters. The molecule has 6 heterocycles. The first-order chi connectivity index (χ1) is 32.2. The van der Waals surface area contributed by atoms with Crippen molar-refractivity contribution < 1.29 is 66.5 Å². The number of aliphatic hydroxyl groups is 6. The summed E-state index contributed by atoms with van der Waals surface area (Å²) >= 11 is 0. The number of nitrogens with zero attached hydrogens (tertiary/aromatic N) is 6. The van der Waals surface area contributed by atoms with Crippen LogP contribution in [-0.2, 0) is 35.2 Å². The average Bonchev–Trinajstić information content (AvgIpc) is 4.06. The van der Waals surface area contributed by atoms with Gasteiger partial charge in [-0.1, -0.05) is 0 Å². The first kappa shape index (κ1) is 47.6. The van der Waals surface area contributed by atoms with Crippen molar-refractivity contribution in [2.45, 2.75) is 138 Å². The Morgan fingerprint density at radius 1 is 0.603 bits per heavy atom. The lowest BCUT2D eigenvalue weighted by Crippen LogP contribution is -2.47. The summed E-state index contributed by atoms with van der Waals surface area (Å²) in [6.07, 6.45) is -7.76. The van der Waals surface area contributed by atoms with Crippen molar-refractivity contribution in [2.24, 2.45) is 0 Å². The Labute approximate surface area is 383 Å². The molecule has 2 saturated heterocycles. The zero-order valence-electron chi connectivity index (χ0n) is 36.7. The van der Waals surface area contributed by atoms with Crippen LogP contribution in [-0.4, -0.2) is 95.3 Å². The summed E-state index contributed by atoms with van der Waals surface area (Å²) in [5.41, 5.74) is 8.28. The van der Waals surface area contributed by atoms with E-state index >= 15 is 0 Å². The minimum Gasteiger partial charge on any atom is -0.386 e. The Morgan fingerprint density at radius 2 is 0.956 bits per heavy atom. The molecule has 2 aromatic carbocycles. The lowest BCUT2D eigenvalue weighted by atomic mass is 9.81. The fourth-order valence-corrected chi connectivity index (χ4v) is 10.3. The summed E-state index contributed by atoms with van der Waals surface area (Å²) in [4.78, 5) is 16.2. The number of aliphatic hydroxyl groups excluding tert-OH is 4. The van der Waals surface area contributed by atoms with Crippen LogP contribution in [0.15, 0.2) is 49.3 Å². The number of benzene rings is 2. The summed E-state index contributed by atoms with van der Waals surface area (Å²) in [6.45, 7) is 2.59. The number of hydrogen-bond acceptors (Lipinski definition) is 14. The molecule has 2 fully saturated rings. The van der Waals surface area contributed by atoms with Crippen molar-refractivity contribution in [3.63, 3.8) is 0 Å². The molecule has 0 unspecified atom stereocenters. The van der Waals surface area contributed by atoms with Crippen LogP contribution in [0, 0.1) is 11.6 Å². The van der Waals surface area contributed by atoms with Crippen LogP contribution < -0.4 is 11.5 Å². The van der Waals surface area contributed by atoms with E-state index in [-0.39, 0.29) is 46.7 Å². The Bertz CT molecular complexity index is 2690. The van der Waals surface area contributed by atoms with E-state index < -0.39 is 95.9 Å². The number of fused-ring (bicyclic) bond motifs is 4. The van der Waals surface area contributed by atoms with E-state index in [0.29, 0.717) is 71.7 Å². The second-order valence-electron chi connectivity index (χ2n) is 18.2. The largest absolute Gasteiger partial charge is 0.386 e. The molecule has 16 nitrogen and oxygen atoms in total. The lowest BCUT2D eigenvalue weighted by molar-refractivity contribution is -0.115. The minimum absolute atomic E-state index is 0.0773. The van der Waals surface area contributed by atoms with Gasteiger partial charge < -0.3 is 60.7 Å². The summed E-state index contributed by atoms with van der Waals surface area (Å²) in [7, 11) is 0. The number of aromatic nitrogens is 6. The van der Waals surface area contributed by atoms with E-state index in [2.05, 4.69) is 19.9 Å². The highest BCUT2D eigenvalue weighted by Crippen LogP contribution is 2.48. The first-order valence-electron chi connectivity index (χ1n) is 22.1. The quantitative estimate of drug-likeness (QED) is 0.0887. The van der Waals surface area contributed by atoms with Crippen LogP contribution in [0.5, 0.6) is 0 Å². The SMILES string of the molecule is C[C@@]1(O)[C@@H]([C@@H](O)c2cc(C(F)F)c(F)c3c2CCCC3)O[C@@H](n2ccc3c(N)ncnc32)[C@@H]1O.C[C@@]1(O)[C@@H]([C@H](O)c2cc(C(F)F)c(F)c3c2CCCC3)O[C@@H](n2ccc3c(N)ncnc32)[C@@H]1O. The molecule has 10 rings (SSSR count). The fourth-order valence-electron chi connectivity index (χ4n) is 10.3. The molecule has 2 aliphatic carbocycles. The van der Waals surface area contributed by atoms with Gasteiger partial charge in [0.15, 0.2) is 12.5 Å². The van der Waals surface area contributed by atoms with E-state index in [1.165, 1.54) is 35.6 Å². The Kier molecular flexibility index (Phi) is 12.5. The maximum atomic E-state index is 14.8. The van der Waals surface area contributed by atoms with Gasteiger partial charge in [0.2, 0.25) is 0 Å². The normalized spacial score (nSPS) is 27.9. The summed E-state index contributed by atoms with van der Waals surface area (Å²) in [5, 5.41) is 67.8. The van der Waals surface area contributed by atoms with Crippen LogP contribution in [0.4, 0.5) is 38.0 Å². The van der Waals surface area contributed by atoms with Gasteiger partial charge in [-0.15, -0.1) is 0 Å². The van der Waals surface area contributed by atoms with Gasteiger partial charge in [0, 0.05) is 12.4 Å². The molecule has 0 saturated carbocycles. The average molecular weight is 957 g/mol.